The van der Waals surface area contributed by atoms with E-state index in [9.17, 15) is 4.39 Å². The van der Waals surface area contributed by atoms with Crippen LogP contribution in [-0.2, 0) is 4.74 Å². The fraction of sp³-hybridized carbons (Fsp3) is 0.636. The monoisotopic (exact) mass is 240 g/mol. The first-order valence-corrected chi connectivity index (χ1v) is 5.71. The second kappa shape index (κ2) is 4.83. The van der Waals surface area contributed by atoms with Gasteiger partial charge in [-0.05, 0) is 19.8 Å². The maximum absolute atomic E-state index is 13.4. The molecule has 5 nitrogen and oxygen atoms in total. The van der Waals surface area contributed by atoms with Crippen LogP contribution in [0, 0.1) is 5.82 Å². The van der Waals surface area contributed by atoms with Gasteiger partial charge in [0.15, 0.2) is 11.6 Å². The van der Waals surface area contributed by atoms with Crippen LogP contribution in [0.15, 0.2) is 6.20 Å². The van der Waals surface area contributed by atoms with E-state index >= 15 is 0 Å². The molecule has 1 aliphatic heterocycles. The standard InChI is InChI=1S/C11H17FN4O/c1-11(4-3-5-17-11)7-15-9-8(12)6-14-10(13-2)16-9/h6H,3-5,7H2,1-2H3,(H2,13,14,15,16). The Balaban J connectivity index is 2.02. The molecule has 1 saturated heterocycles. The van der Waals surface area contributed by atoms with Crippen LogP contribution in [0.5, 0.6) is 0 Å². The normalized spacial score (nSPS) is 23.7. The van der Waals surface area contributed by atoms with E-state index in [0.717, 1.165) is 25.6 Å². The fourth-order valence-electron chi connectivity index (χ4n) is 1.86. The van der Waals surface area contributed by atoms with Crippen molar-refractivity contribution in [1.82, 2.24) is 9.97 Å². The molecule has 1 unspecified atom stereocenters. The summed E-state index contributed by atoms with van der Waals surface area (Å²) < 4.78 is 19.1. The van der Waals surface area contributed by atoms with Crippen LogP contribution in [0.25, 0.3) is 0 Å². The van der Waals surface area contributed by atoms with Crippen LogP contribution in [0.3, 0.4) is 0 Å². The Bertz CT molecular complexity index is 393. The molecule has 2 heterocycles. The average molecular weight is 240 g/mol. The van der Waals surface area contributed by atoms with Gasteiger partial charge in [0.2, 0.25) is 5.95 Å². The van der Waals surface area contributed by atoms with Crippen LogP contribution in [0.4, 0.5) is 16.2 Å². The molecule has 0 amide bonds. The van der Waals surface area contributed by atoms with Crippen molar-refractivity contribution in [2.75, 3.05) is 30.8 Å². The van der Waals surface area contributed by atoms with Crippen molar-refractivity contribution in [2.24, 2.45) is 0 Å². The van der Waals surface area contributed by atoms with Crippen molar-refractivity contribution in [3.8, 4) is 0 Å². The first-order chi connectivity index (χ1) is 8.13. The molecular formula is C11H17FN4O. The van der Waals surface area contributed by atoms with Crippen LogP contribution >= 0.6 is 0 Å². The van der Waals surface area contributed by atoms with Gasteiger partial charge in [0.05, 0.1) is 11.8 Å². The Morgan fingerprint density at radius 1 is 1.59 bits per heavy atom. The van der Waals surface area contributed by atoms with Crippen LogP contribution in [0.2, 0.25) is 0 Å². The Labute approximate surface area is 99.8 Å². The minimum absolute atomic E-state index is 0.209. The van der Waals surface area contributed by atoms with E-state index in [-0.39, 0.29) is 11.4 Å². The quantitative estimate of drug-likeness (QED) is 0.837. The predicted octanol–water partition coefficient (Wildman–Crippen LogP) is 1.64. The Morgan fingerprint density at radius 2 is 2.41 bits per heavy atom. The SMILES string of the molecule is CNc1ncc(F)c(NCC2(C)CCCO2)n1. The first kappa shape index (κ1) is 12.0. The number of hydrogen-bond acceptors (Lipinski definition) is 5. The van der Waals surface area contributed by atoms with E-state index in [4.69, 9.17) is 4.74 Å². The molecule has 0 aromatic carbocycles. The highest BCUT2D eigenvalue weighted by atomic mass is 19.1. The third kappa shape index (κ3) is 2.82. The maximum atomic E-state index is 13.4. The molecule has 17 heavy (non-hydrogen) atoms. The lowest BCUT2D eigenvalue weighted by molar-refractivity contribution is 0.0314. The molecule has 1 aromatic rings. The third-order valence-electron chi connectivity index (χ3n) is 2.90. The van der Waals surface area contributed by atoms with Crippen LogP contribution < -0.4 is 10.6 Å². The molecule has 0 radical (unpaired) electrons. The lowest BCUT2D eigenvalue weighted by Gasteiger charge is -2.23. The molecule has 2 rings (SSSR count). The van der Waals surface area contributed by atoms with E-state index < -0.39 is 5.82 Å². The topological polar surface area (TPSA) is 59.1 Å². The van der Waals surface area contributed by atoms with Gasteiger partial charge in [0.1, 0.15) is 0 Å². The van der Waals surface area contributed by atoms with Gasteiger partial charge in [-0.1, -0.05) is 0 Å². The van der Waals surface area contributed by atoms with E-state index in [1.54, 1.807) is 7.05 Å². The molecule has 1 aliphatic rings. The fourth-order valence-corrected chi connectivity index (χ4v) is 1.86. The summed E-state index contributed by atoms with van der Waals surface area (Å²) >= 11 is 0. The van der Waals surface area contributed by atoms with Crippen LogP contribution in [0.1, 0.15) is 19.8 Å². The highest BCUT2D eigenvalue weighted by Crippen LogP contribution is 2.25. The van der Waals surface area contributed by atoms with Crippen LogP contribution in [-0.4, -0.2) is 35.8 Å². The summed E-state index contributed by atoms with van der Waals surface area (Å²) in [6.07, 6.45) is 3.18. The second-order valence-corrected chi connectivity index (χ2v) is 4.40. The number of rotatable bonds is 4. The van der Waals surface area contributed by atoms with Gasteiger partial charge in [-0.25, -0.2) is 9.37 Å². The predicted molar refractivity (Wildman–Crippen MR) is 63.6 cm³/mol. The summed E-state index contributed by atoms with van der Waals surface area (Å²) in [7, 11) is 1.69. The highest BCUT2D eigenvalue weighted by molar-refractivity contribution is 5.41. The highest BCUT2D eigenvalue weighted by Gasteiger charge is 2.29. The number of halogens is 1. The molecule has 1 aromatic heterocycles. The number of hydrogen-bond donors (Lipinski definition) is 2. The molecule has 1 atom stereocenters. The van der Waals surface area contributed by atoms with E-state index in [0.29, 0.717) is 12.5 Å². The molecule has 2 N–H and O–H groups in total. The summed E-state index contributed by atoms with van der Waals surface area (Å²) in [6, 6.07) is 0. The third-order valence-corrected chi connectivity index (χ3v) is 2.90. The van der Waals surface area contributed by atoms with E-state index in [1.807, 2.05) is 6.92 Å². The summed E-state index contributed by atoms with van der Waals surface area (Å²) in [6.45, 7) is 3.33. The van der Waals surface area contributed by atoms with Gasteiger partial charge >= 0.3 is 0 Å². The summed E-state index contributed by atoms with van der Waals surface area (Å²) in [5, 5.41) is 5.75. The molecule has 0 saturated carbocycles. The molecule has 0 bridgehead atoms. The van der Waals surface area contributed by atoms with Crippen molar-refractivity contribution < 1.29 is 9.13 Å². The van der Waals surface area contributed by atoms with Crippen molar-refractivity contribution in [3.63, 3.8) is 0 Å². The number of ether oxygens (including phenoxy) is 1. The number of anilines is 2. The number of aromatic nitrogens is 2. The van der Waals surface area contributed by atoms with E-state index in [1.165, 1.54) is 0 Å². The summed E-state index contributed by atoms with van der Waals surface area (Å²) in [5.41, 5.74) is -0.225. The van der Waals surface area contributed by atoms with Crippen molar-refractivity contribution in [1.29, 1.82) is 0 Å². The Kier molecular flexibility index (Phi) is 3.42. The van der Waals surface area contributed by atoms with Gasteiger partial charge in [-0.2, -0.15) is 4.98 Å². The zero-order valence-corrected chi connectivity index (χ0v) is 10.1. The number of nitrogens with one attached hydrogen (secondary N) is 2. The van der Waals surface area contributed by atoms with Crippen molar-refractivity contribution in [2.45, 2.75) is 25.4 Å². The largest absolute Gasteiger partial charge is 0.373 e. The zero-order chi connectivity index (χ0) is 12.3. The molecule has 0 aliphatic carbocycles. The smallest absolute Gasteiger partial charge is 0.224 e. The van der Waals surface area contributed by atoms with Gasteiger partial charge in [0.25, 0.3) is 0 Å². The van der Waals surface area contributed by atoms with Crippen molar-refractivity contribution >= 4 is 11.8 Å². The number of nitrogens with zero attached hydrogens (tertiary/aromatic N) is 2. The van der Waals surface area contributed by atoms with Gasteiger partial charge in [0, 0.05) is 20.2 Å². The summed E-state index contributed by atoms with van der Waals surface area (Å²) in [5.74, 6) is 0.151. The minimum Gasteiger partial charge on any atom is -0.373 e. The summed E-state index contributed by atoms with van der Waals surface area (Å²) in [4.78, 5) is 7.80. The molecule has 94 valence electrons. The van der Waals surface area contributed by atoms with Crippen molar-refractivity contribution in [3.05, 3.63) is 12.0 Å². The Morgan fingerprint density at radius 3 is 3.06 bits per heavy atom. The molecule has 6 heteroatoms. The second-order valence-electron chi connectivity index (χ2n) is 4.40. The van der Waals surface area contributed by atoms with Gasteiger partial charge in [-0.15, -0.1) is 0 Å². The minimum atomic E-state index is -0.453. The zero-order valence-electron chi connectivity index (χ0n) is 10.1. The maximum Gasteiger partial charge on any atom is 0.224 e. The average Bonchev–Trinajstić information content (AvgIpc) is 2.76. The first-order valence-electron chi connectivity index (χ1n) is 5.71. The van der Waals surface area contributed by atoms with Gasteiger partial charge < -0.3 is 15.4 Å². The molecular weight excluding hydrogens is 223 g/mol. The lowest BCUT2D eigenvalue weighted by atomic mass is 10.0. The van der Waals surface area contributed by atoms with E-state index in [2.05, 4.69) is 20.6 Å². The molecule has 1 fully saturated rings. The lowest BCUT2D eigenvalue weighted by Crippen LogP contribution is -2.33. The van der Waals surface area contributed by atoms with Gasteiger partial charge in [-0.3, -0.25) is 0 Å². The Hall–Kier alpha value is -1.43. The molecule has 0 spiro atoms.